The Morgan fingerprint density at radius 3 is 2.60 bits per heavy atom. The van der Waals surface area contributed by atoms with Crippen LogP contribution in [0.5, 0.6) is 0 Å². The third-order valence-electron chi connectivity index (χ3n) is 2.11. The van der Waals surface area contributed by atoms with Gasteiger partial charge >= 0.3 is 5.97 Å². The summed E-state index contributed by atoms with van der Waals surface area (Å²) in [4.78, 5) is 11.5. The van der Waals surface area contributed by atoms with Crippen molar-refractivity contribution in [3.8, 4) is 0 Å². The molecule has 0 aliphatic carbocycles. The lowest BCUT2D eigenvalue weighted by molar-refractivity contribution is -0.0428. The van der Waals surface area contributed by atoms with Crippen LogP contribution in [0.25, 0.3) is 0 Å². The van der Waals surface area contributed by atoms with Gasteiger partial charge in [0.05, 0.1) is 5.56 Å². The number of hydrogen-bond donors (Lipinski definition) is 0. The van der Waals surface area contributed by atoms with Crippen LogP contribution in [0.1, 0.15) is 22.2 Å². The third-order valence-corrected chi connectivity index (χ3v) is 3.03. The van der Waals surface area contributed by atoms with Gasteiger partial charge in [-0.1, -0.05) is 18.2 Å². The van der Waals surface area contributed by atoms with E-state index in [1.165, 1.54) is 0 Å². The zero-order valence-electron chi connectivity index (χ0n) is 9.11. The van der Waals surface area contributed by atoms with Crippen LogP contribution in [0, 0.1) is 0 Å². The Morgan fingerprint density at radius 1 is 1.27 bits per heavy atom. The average molecular weight is 222 g/mol. The summed E-state index contributed by atoms with van der Waals surface area (Å²) < 4.78 is 11.0. The number of hydrogen-bond acceptors (Lipinski definition) is 3. The summed E-state index contributed by atoms with van der Waals surface area (Å²) in [5.41, 5.74) is 1.48. The summed E-state index contributed by atoms with van der Waals surface area (Å²) in [6.45, 7) is 6.21. The Bertz CT molecular complexity index is 395. The lowest BCUT2D eigenvalue weighted by Crippen LogP contribution is -2.28. The molecule has 0 N–H and O–H groups in total. The Balaban J connectivity index is 2.29. The molecule has 1 aromatic carbocycles. The van der Waals surface area contributed by atoms with Crippen molar-refractivity contribution in [2.24, 2.45) is 0 Å². The van der Waals surface area contributed by atoms with Crippen molar-refractivity contribution in [3.63, 3.8) is 0 Å². The minimum atomic E-state index is -1.70. The predicted octanol–water partition coefficient (Wildman–Crippen LogP) is 2.71. The molecule has 1 aromatic rings. The molecule has 0 spiro atoms. The summed E-state index contributed by atoms with van der Waals surface area (Å²) in [6.07, 6.45) is -0.500. The Kier molecular flexibility index (Phi) is 2.40. The fraction of sp³-hybridized carbons (Fsp3) is 0.364. The van der Waals surface area contributed by atoms with E-state index in [2.05, 4.69) is 19.6 Å². The lowest BCUT2D eigenvalue weighted by Gasteiger charge is -2.22. The predicted molar refractivity (Wildman–Crippen MR) is 59.0 cm³/mol. The number of rotatable bonds is 2. The lowest BCUT2D eigenvalue weighted by atomic mass is 10.1. The first-order valence-electron chi connectivity index (χ1n) is 4.95. The smallest absolute Gasteiger partial charge is 0.341 e. The van der Waals surface area contributed by atoms with Gasteiger partial charge in [-0.25, -0.2) is 4.79 Å². The SMILES string of the molecule is C[Si](C)(C)OC1OC(=O)c2ccccc21. The average Bonchev–Trinajstić information content (AvgIpc) is 2.42. The molecule has 1 aliphatic heterocycles. The van der Waals surface area contributed by atoms with E-state index in [9.17, 15) is 4.79 Å². The van der Waals surface area contributed by atoms with Gasteiger partial charge in [0.15, 0.2) is 8.32 Å². The molecular formula is C11H14O3Si. The van der Waals surface area contributed by atoms with Crippen LogP contribution < -0.4 is 0 Å². The third kappa shape index (κ3) is 2.10. The molecule has 3 nitrogen and oxygen atoms in total. The molecule has 1 unspecified atom stereocenters. The Hall–Kier alpha value is -1.13. The van der Waals surface area contributed by atoms with Gasteiger partial charge in [-0.05, 0) is 25.7 Å². The van der Waals surface area contributed by atoms with Crippen LogP contribution in [0.3, 0.4) is 0 Å². The van der Waals surface area contributed by atoms with Crippen molar-refractivity contribution < 1.29 is 14.0 Å². The minimum Gasteiger partial charge on any atom is -0.429 e. The summed E-state index contributed by atoms with van der Waals surface area (Å²) in [5.74, 6) is -0.283. The van der Waals surface area contributed by atoms with E-state index in [-0.39, 0.29) is 5.97 Å². The van der Waals surface area contributed by atoms with Gasteiger partial charge in [0, 0.05) is 5.56 Å². The zero-order chi connectivity index (χ0) is 11.1. The second-order valence-electron chi connectivity index (χ2n) is 4.55. The van der Waals surface area contributed by atoms with Gasteiger partial charge in [-0.3, -0.25) is 0 Å². The van der Waals surface area contributed by atoms with E-state index in [0.717, 1.165) is 5.56 Å². The molecule has 0 amide bonds. The molecule has 0 saturated heterocycles. The minimum absolute atomic E-state index is 0.283. The fourth-order valence-corrected chi connectivity index (χ4v) is 2.34. The van der Waals surface area contributed by atoms with Gasteiger partial charge < -0.3 is 9.16 Å². The number of fused-ring (bicyclic) bond motifs is 1. The second kappa shape index (κ2) is 3.47. The number of carbonyl (C=O) groups is 1. The van der Waals surface area contributed by atoms with E-state index in [1.807, 2.05) is 18.2 Å². The first-order valence-corrected chi connectivity index (χ1v) is 8.36. The van der Waals surface area contributed by atoms with Crippen LogP contribution in [-0.4, -0.2) is 14.3 Å². The van der Waals surface area contributed by atoms with Gasteiger partial charge in [0.1, 0.15) is 0 Å². The maximum absolute atomic E-state index is 11.5. The van der Waals surface area contributed by atoms with Crippen LogP contribution >= 0.6 is 0 Å². The number of benzene rings is 1. The molecule has 2 rings (SSSR count). The Morgan fingerprint density at radius 2 is 1.93 bits per heavy atom. The van der Waals surface area contributed by atoms with E-state index >= 15 is 0 Å². The molecule has 0 radical (unpaired) electrons. The van der Waals surface area contributed by atoms with Crippen molar-refractivity contribution >= 4 is 14.3 Å². The first-order chi connectivity index (χ1) is 6.97. The highest BCUT2D eigenvalue weighted by atomic mass is 28.4. The molecule has 0 bridgehead atoms. The van der Waals surface area contributed by atoms with Crippen LogP contribution in [0.2, 0.25) is 19.6 Å². The molecule has 15 heavy (non-hydrogen) atoms. The van der Waals surface area contributed by atoms with Crippen molar-refractivity contribution in [3.05, 3.63) is 35.4 Å². The highest BCUT2D eigenvalue weighted by Crippen LogP contribution is 2.33. The van der Waals surface area contributed by atoms with E-state index in [4.69, 9.17) is 9.16 Å². The van der Waals surface area contributed by atoms with Crippen molar-refractivity contribution in [1.82, 2.24) is 0 Å². The van der Waals surface area contributed by atoms with Crippen molar-refractivity contribution in [2.45, 2.75) is 25.9 Å². The quantitative estimate of drug-likeness (QED) is 0.570. The van der Waals surface area contributed by atoms with Gasteiger partial charge in [-0.2, -0.15) is 0 Å². The van der Waals surface area contributed by atoms with E-state index < -0.39 is 14.6 Å². The summed E-state index contributed by atoms with van der Waals surface area (Å²) in [7, 11) is -1.70. The number of ether oxygens (including phenoxy) is 1. The molecule has 1 atom stereocenters. The largest absolute Gasteiger partial charge is 0.429 e. The molecule has 0 fully saturated rings. The maximum atomic E-state index is 11.5. The normalized spacial score (nSPS) is 19.9. The first kappa shape index (κ1) is 10.4. The highest BCUT2D eigenvalue weighted by molar-refractivity contribution is 6.69. The number of esters is 1. The van der Waals surface area contributed by atoms with Crippen LogP contribution in [-0.2, 0) is 9.16 Å². The monoisotopic (exact) mass is 222 g/mol. The molecular weight excluding hydrogens is 208 g/mol. The molecule has 80 valence electrons. The van der Waals surface area contributed by atoms with E-state index in [0.29, 0.717) is 5.56 Å². The van der Waals surface area contributed by atoms with Crippen molar-refractivity contribution in [2.75, 3.05) is 0 Å². The van der Waals surface area contributed by atoms with Gasteiger partial charge in [0.2, 0.25) is 6.29 Å². The number of cyclic esters (lactones) is 1. The van der Waals surface area contributed by atoms with Gasteiger partial charge in [0.25, 0.3) is 0 Å². The standard InChI is InChI=1S/C11H14O3Si/c1-15(2,3)14-11-9-7-5-4-6-8(9)10(12)13-11/h4-7,11H,1-3H3. The summed E-state index contributed by atoms with van der Waals surface area (Å²) in [6, 6.07) is 7.37. The molecule has 1 aliphatic rings. The Labute approximate surface area is 90.1 Å². The summed E-state index contributed by atoms with van der Waals surface area (Å²) >= 11 is 0. The van der Waals surface area contributed by atoms with Crippen molar-refractivity contribution in [1.29, 1.82) is 0 Å². The van der Waals surface area contributed by atoms with Crippen LogP contribution in [0.4, 0.5) is 0 Å². The highest BCUT2D eigenvalue weighted by Gasteiger charge is 2.34. The fourth-order valence-electron chi connectivity index (χ4n) is 1.52. The molecule has 0 saturated carbocycles. The topological polar surface area (TPSA) is 35.5 Å². The van der Waals surface area contributed by atoms with Gasteiger partial charge in [-0.15, -0.1) is 0 Å². The molecule has 4 heteroatoms. The zero-order valence-corrected chi connectivity index (χ0v) is 10.1. The molecule has 1 heterocycles. The summed E-state index contributed by atoms with van der Waals surface area (Å²) in [5, 5.41) is 0. The second-order valence-corrected chi connectivity index (χ2v) is 9.02. The maximum Gasteiger partial charge on any atom is 0.341 e. The molecule has 0 aromatic heterocycles. The van der Waals surface area contributed by atoms with E-state index in [1.54, 1.807) is 6.07 Å². The number of carbonyl (C=O) groups excluding carboxylic acids is 1. The van der Waals surface area contributed by atoms with Crippen LogP contribution in [0.15, 0.2) is 24.3 Å².